The predicted octanol–water partition coefficient (Wildman–Crippen LogP) is 2.63. The lowest BCUT2D eigenvalue weighted by Crippen LogP contribution is -2.08. The van der Waals surface area contributed by atoms with Gasteiger partial charge in [0.15, 0.2) is 0 Å². The second-order valence-corrected chi connectivity index (χ2v) is 8.57. The van der Waals surface area contributed by atoms with E-state index in [1.807, 2.05) is 13.0 Å². The Bertz CT molecular complexity index is 644. The van der Waals surface area contributed by atoms with Gasteiger partial charge in [0.1, 0.15) is 0 Å². The number of halogens is 1. The molecule has 96 valence electrons. The van der Waals surface area contributed by atoms with Crippen LogP contribution in [0.15, 0.2) is 26.9 Å². The summed E-state index contributed by atoms with van der Waals surface area (Å²) in [6, 6.07) is 5.34. The Labute approximate surface area is 107 Å². The zero-order valence-corrected chi connectivity index (χ0v) is 12.2. The SMILES string of the molecule is CC[S@@](=O)(=NS(=O)(=O)Cl)c1cc(C)ccc1C. The van der Waals surface area contributed by atoms with E-state index >= 15 is 0 Å². The minimum absolute atomic E-state index is 0.100. The van der Waals surface area contributed by atoms with E-state index in [1.165, 1.54) is 0 Å². The van der Waals surface area contributed by atoms with Gasteiger partial charge in [-0.05, 0) is 31.0 Å². The van der Waals surface area contributed by atoms with Crippen molar-refractivity contribution in [3.05, 3.63) is 29.3 Å². The highest BCUT2D eigenvalue weighted by atomic mass is 35.7. The number of hydrogen-bond acceptors (Lipinski definition) is 3. The standard InChI is InChI=1S/C10H14ClNO3S2/c1-4-16(13,12-17(11,14)15)10-7-8(2)5-6-9(10)3/h5-7H,4H2,1-3H3/t16-/m0/s1. The molecule has 0 radical (unpaired) electrons. The van der Waals surface area contributed by atoms with Crippen molar-refractivity contribution in [3.63, 3.8) is 0 Å². The zero-order chi connectivity index (χ0) is 13.3. The first kappa shape index (κ1) is 14.5. The van der Waals surface area contributed by atoms with Gasteiger partial charge in [-0.1, -0.05) is 22.8 Å². The molecule has 0 heterocycles. The van der Waals surface area contributed by atoms with Crippen LogP contribution in [0.1, 0.15) is 18.1 Å². The van der Waals surface area contributed by atoms with Crippen LogP contribution in [0, 0.1) is 13.8 Å². The molecule has 0 unspecified atom stereocenters. The van der Waals surface area contributed by atoms with E-state index in [4.69, 9.17) is 10.7 Å². The van der Waals surface area contributed by atoms with Crippen molar-refractivity contribution >= 4 is 29.6 Å². The smallest absolute Gasteiger partial charge is 0.244 e. The first-order chi connectivity index (χ1) is 7.68. The summed E-state index contributed by atoms with van der Waals surface area (Å²) in [5.74, 6) is 0.100. The summed E-state index contributed by atoms with van der Waals surface area (Å²) in [7, 11) is -2.10. The van der Waals surface area contributed by atoms with Crippen LogP contribution in [0.25, 0.3) is 0 Å². The van der Waals surface area contributed by atoms with Gasteiger partial charge in [-0.3, -0.25) is 0 Å². The van der Waals surface area contributed by atoms with Crippen molar-refractivity contribution in [1.82, 2.24) is 0 Å². The Hall–Kier alpha value is -0.590. The van der Waals surface area contributed by atoms with Gasteiger partial charge >= 0.3 is 9.24 Å². The second-order valence-electron chi connectivity index (χ2n) is 3.68. The van der Waals surface area contributed by atoms with Gasteiger partial charge in [0.2, 0.25) is 0 Å². The van der Waals surface area contributed by atoms with Crippen molar-refractivity contribution < 1.29 is 12.6 Å². The first-order valence-electron chi connectivity index (χ1n) is 4.96. The zero-order valence-electron chi connectivity index (χ0n) is 9.81. The summed E-state index contributed by atoms with van der Waals surface area (Å²) < 4.78 is 37.8. The van der Waals surface area contributed by atoms with E-state index in [2.05, 4.69) is 3.77 Å². The van der Waals surface area contributed by atoms with Crippen LogP contribution >= 0.6 is 10.7 Å². The highest BCUT2D eigenvalue weighted by Gasteiger charge is 2.17. The third-order valence-electron chi connectivity index (χ3n) is 2.29. The normalized spacial score (nSPS) is 15.3. The second kappa shape index (κ2) is 4.96. The highest BCUT2D eigenvalue weighted by Crippen LogP contribution is 2.22. The first-order valence-corrected chi connectivity index (χ1v) is 8.91. The largest absolute Gasteiger partial charge is 0.347 e. The monoisotopic (exact) mass is 295 g/mol. The Morgan fingerprint density at radius 3 is 2.29 bits per heavy atom. The van der Waals surface area contributed by atoms with Gasteiger partial charge in [0, 0.05) is 16.4 Å². The van der Waals surface area contributed by atoms with Crippen LogP contribution in [-0.2, 0) is 19.0 Å². The van der Waals surface area contributed by atoms with Crippen molar-refractivity contribution in [2.75, 3.05) is 5.75 Å². The molecule has 17 heavy (non-hydrogen) atoms. The number of aryl methyl sites for hydroxylation is 2. The minimum atomic E-state index is -4.15. The molecule has 0 spiro atoms. The van der Waals surface area contributed by atoms with Crippen molar-refractivity contribution in [3.8, 4) is 0 Å². The molecule has 0 N–H and O–H groups in total. The van der Waals surface area contributed by atoms with E-state index < -0.39 is 19.0 Å². The number of rotatable bonds is 3. The molecular formula is C10H14ClNO3S2. The van der Waals surface area contributed by atoms with Crippen LogP contribution in [0.5, 0.6) is 0 Å². The number of hydrogen-bond donors (Lipinski definition) is 0. The maximum Gasteiger partial charge on any atom is 0.347 e. The summed E-state index contributed by atoms with van der Waals surface area (Å²) in [6.45, 7) is 5.23. The van der Waals surface area contributed by atoms with E-state index in [1.54, 1.807) is 26.0 Å². The Kier molecular flexibility index (Phi) is 4.22. The minimum Gasteiger partial charge on any atom is -0.244 e. The third-order valence-corrected chi connectivity index (χ3v) is 6.38. The maximum atomic E-state index is 12.5. The maximum absolute atomic E-state index is 12.5. The fourth-order valence-electron chi connectivity index (χ4n) is 1.44. The molecule has 1 rings (SSSR count). The Balaban J connectivity index is 3.64. The molecule has 0 aromatic heterocycles. The van der Waals surface area contributed by atoms with Crippen LogP contribution < -0.4 is 0 Å². The van der Waals surface area contributed by atoms with Crippen LogP contribution in [0.3, 0.4) is 0 Å². The van der Waals surface area contributed by atoms with E-state index in [-0.39, 0.29) is 5.75 Å². The van der Waals surface area contributed by atoms with E-state index in [0.717, 1.165) is 11.1 Å². The summed E-state index contributed by atoms with van der Waals surface area (Å²) >= 11 is 0. The Morgan fingerprint density at radius 1 is 1.24 bits per heavy atom. The van der Waals surface area contributed by atoms with Gasteiger partial charge in [-0.2, -0.15) is 8.42 Å². The molecule has 0 fully saturated rings. The van der Waals surface area contributed by atoms with E-state index in [9.17, 15) is 12.6 Å². The lowest BCUT2D eigenvalue weighted by atomic mass is 10.2. The van der Waals surface area contributed by atoms with Crippen molar-refractivity contribution in [2.45, 2.75) is 25.7 Å². The summed E-state index contributed by atoms with van der Waals surface area (Å²) in [5.41, 5.74) is 1.64. The molecule has 0 aliphatic carbocycles. The average Bonchev–Trinajstić information content (AvgIpc) is 2.19. The van der Waals surface area contributed by atoms with Gasteiger partial charge in [0.05, 0.1) is 14.6 Å². The summed E-state index contributed by atoms with van der Waals surface area (Å²) in [5, 5.41) is 0. The molecule has 4 nitrogen and oxygen atoms in total. The van der Waals surface area contributed by atoms with Gasteiger partial charge in [-0.15, -0.1) is 0 Å². The fourth-order valence-corrected chi connectivity index (χ4v) is 5.41. The third kappa shape index (κ3) is 3.69. The molecule has 0 bridgehead atoms. The van der Waals surface area contributed by atoms with Gasteiger partial charge in [-0.25, -0.2) is 4.21 Å². The lowest BCUT2D eigenvalue weighted by molar-refractivity contribution is 0.611. The summed E-state index contributed by atoms with van der Waals surface area (Å²) in [6.07, 6.45) is 0. The van der Waals surface area contributed by atoms with Crippen LogP contribution in [-0.4, -0.2) is 18.4 Å². The molecule has 7 heteroatoms. The molecule has 0 saturated carbocycles. The highest BCUT2D eigenvalue weighted by molar-refractivity contribution is 8.17. The van der Waals surface area contributed by atoms with Crippen LogP contribution in [0.2, 0.25) is 0 Å². The van der Waals surface area contributed by atoms with E-state index in [0.29, 0.717) is 4.90 Å². The topological polar surface area (TPSA) is 63.6 Å². The molecule has 1 aromatic carbocycles. The average molecular weight is 296 g/mol. The Morgan fingerprint density at radius 2 is 1.82 bits per heavy atom. The molecule has 0 saturated heterocycles. The van der Waals surface area contributed by atoms with Crippen LogP contribution in [0.4, 0.5) is 0 Å². The molecule has 0 aliphatic heterocycles. The number of benzene rings is 1. The molecule has 1 aromatic rings. The fraction of sp³-hybridized carbons (Fsp3) is 0.400. The molecular weight excluding hydrogens is 282 g/mol. The quantitative estimate of drug-likeness (QED) is 0.805. The lowest BCUT2D eigenvalue weighted by Gasteiger charge is -2.10. The molecule has 0 amide bonds. The van der Waals surface area contributed by atoms with Crippen molar-refractivity contribution in [1.29, 1.82) is 0 Å². The number of nitrogens with zero attached hydrogens (tertiary/aromatic N) is 1. The van der Waals surface area contributed by atoms with Gasteiger partial charge in [0.25, 0.3) is 0 Å². The van der Waals surface area contributed by atoms with Gasteiger partial charge < -0.3 is 0 Å². The molecule has 0 aliphatic rings. The molecule has 1 atom stereocenters. The van der Waals surface area contributed by atoms with Crippen molar-refractivity contribution in [2.24, 2.45) is 3.77 Å². The predicted molar refractivity (Wildman–Crippen MR) is 70.1 cm³/mol. The summed E-state index contributed by atoms with van der Waals surface area (Å²) in [4.78, 5) is 0.434.